The first kappa shape index (κ1) is 15.0. The summed E-state index contributed by atoms with van der Waals surface area (Å²) in [5.74, 6) is 0.123. The largest absolute Gasteiger partial charge is 0.508 e. The number of nitrogen functional groups attached to an aromatic ring is 1. The number of hydrogen-bond acceptors (Lipinski definition) is 5. The number of nitrogens with one attached hydrogen (secondary N) is 1. The van der Waals surface area contributed by atoms with Crippen LogP contribution in [0.5, 0.6) is 5.75 Å². The van der Waals surface area contributed by atoms with Crippen LogP contribution in [0.3, 0.4) is 0 Å². The maximum absolute atomic E-state index is 9.71. The van der Waals surface area contributed by atoms with Gasteiger partial charge >= 0.3 is 0 Å². The van der Waals surface area contributed by atoms with Crippen LogP contribution in [0.1, 0.15) is 0 Å². The molecular formula is C20H16N4O. The molecule has 5 nitrogen and oxygen atoms in total. The summed E-state index contributed by atoms with van der Waals surface area (Å²) >= 11 is 0. The summed E-state index contributed by atoms with van der Waals surface area (Å²) in [5, 5.41) is 14.0. The van der Waals surface area contributed by atoms with Gasteiger partial charge in [-0.3, -0.25) is 9.97 Å². The van der Waals surface area contributed by atoms with Gasteiger partial charge in [0.2, 0.25) is 0 Å². The van der Waals surface area contributed by atoms with E-state index in [9.17, 15) is 5.11 Å². The summed E-state index contributed by atoms with van der Waals surface area (Å²) in [6.45, 7) is 0. The van der Waals surface area contributed by atoms with E-state index in [1.165, 1.54) is 6.07 Å². The fourth-order valence-electron chi connectivity index (χ4n) is 2.81. The van der Waals surface area contributed by atoms with Gasteiger partial charge in [-0.1, -0.05) is 18.2 Å². The Morgan fingerprint density at radius 3 is 2.60 bits per heavy atom. The molecular weight excluding hydrogens is 312 g/mol. The van der Waals surface area contributed by atoms with Crippen molar-refractivity contribution in [1.82, 2.24) is 9.97 Å². The summed E-state index contributed by atoms with van der Waals surface area (Å²) in [6.07, 6.45) is 3.52. The van der Waals surface area contributed by atoms with Crippen LogP contribution >= 0.6 is 0 Å². The smallest absolute Gasteiger partial charge is 0.119 e. The van der Waals surface area contributed by atoms with E-state index in [4.69, 9.17) is 5.73 Å². The quantitative estimate of drug-likeness (QED) is 0.488. The zero-order chi connectivity index (χ0) is 17.2. The molecule has 4 rings (SSSR count). The van der Waals surface area contributed by atoms with Crippen molar-refractivity contribution in [2.75, 3.05) is 11.1 Å². The van der Waals surface area contributed by atoms with Gasteiger partial charge < -0.3 is 16.2 Å². The van der Waals surface area contributed by atoms with Gasteiger partial charge in [0.1, 0.15) is 5.75 Å². The molecule has 0 atom stereocenters. The minimum absolute atomic E-state index is 0.123. The first-order valence-electron chi connectivity index (χ1n) is 7.86. The molecule has 0 aliphatic rings. The van der Waals surface area contributed by atoms with Gasteiger partial charge in [-0.15, -0.1) is 0 Å². The predicted octanol–water partition coefficient (Wildman–Crippen LogP) is 4.33. The molecule has 0 fully saturated rings. The lowest BCUT2D eigenvalue weighted by atomic mass is 10.1. The lowest BCUT2D eigenvalue weighted by molar-refractivity contribution is 0.476. The van der Waals surface area contributed by atoms with Crippen LogP contribution in [0.2, 0.25) is 0 Å². The van der Waals surface area contributed by atoms with E-state index in [0.717, 1.165) is 33.5 Å². The zero-order valence-corrected chi connectivity index (χ0v) is 13.3. The van der Waals surface area contributed by atoms with E-state index in [0.29, 0.717) is 5.69 Å². The maximum Gasteiger partial charge on any atom is 0.119 e. The average Bonchev–Trinajstić information content (AvgIpc) is 2.61. The SMILES string of the molecule is Nc1cc(O)cc(Nc2ccnc3cc(-c4ccccn4)ccc23)c1. The third-order valence-corrected chi connectivity index (χ3v) is 3.92. The summed E-state index contributed by atoms with van der Waals surface area (Å²) < 4.78 is 0. The molecule has 4 aromatic rings. The number of hydrogen-bond donors (Lipinski definition) is 3. The molecule has 0 aliphatic carbocycles. The van der Waals surface area contributed by atoms with Crippen molar-refractivity contribution in [3.63, 3.8) is 0 Å². The monoisotopic (exact) mass is 328 g/mol. The van der Waals surface area contributed by atoms with E-state index in [-0.39, 0.29) is 5.75 Å². The first-order chi connectivity index (χ1) is 12.2. The molecule has 0 saturated heterocycles. The summed E-state index contributed by atoms with van der Waals surface area (Å²) in [6, 6.07) is 18.7. The molecule has 0 unspecified atom stereocenters. The Balaban J connectivity index is 1.75. The van der Waals surface area contributed by atoms with Crippen LogP contribution in [0, 0.1) is 0 Å². The number of aromatic hydroxyl groups is 1. The molecule has 25 heavy (non-hydrogen) atoms. The van der Waals surface area contributed by atoms with Crippen LogP contribution in [-0.2, 0) is 0 Å². The van der Waals surface area contributed by atoms with Gasteiger partial charge in [-0.05, 0) is 30.3 Å². The number of benzene rings is 2. The molecule has 0 radical (unpaired) electrons. The topological polar surface area (TPSA) is 84.1 Å². The van der Waals surface area contributed by atoms with Crippen LogP contribution in [0.15, 0.2) is 73.1 Å². The molecule has 0 saturated carbocycles. The Bertz CT molecular complexity index is 1030. The van der Waals surface area contributed by atoms with E-state index < -0.39 is 0 Å². The van der Waals surface area contributed by atoms with E-state index >= 15 is 0 Å². The summed E-state index contributed by atoms with van der Waals surface area (Å²) in [4.78, 5) is 8.84. The molecule has 0 bridgehead atoms. The number of phenolic OH excluding ortho intramolecular Hbond substituents is 1. The van der Waals surface area contributed by atoms with Gasteiger partial charge in [-0.2, -0.15) is 0 Å². The van der Waals surface area contributed by atoms with Crippen molar-refractivity contribution in [3.8, 4) is 17.0 Å². The maximum atomic E-state index is 9.71. The number of nitrogens with two attached hydrogens (primary N) is 1. The normalized spacial score (nSPS) is 10.7. The van der Waals surface area contributed by atoms with E-state index in [1.807, 2.05) is 42.5 Å². The van der Waals surface area contributed by atoms with Crippen molar-refractivity contribution in [2.24, 2.45) is 0 Å². The zero-order valence-electron chi connectivity index (χ0n) is 13.3. The molecule has 0 amide bonds. The van der Waals surface area contributed by atoms with Gasteiger partial charge in [0.15, 0.2) is 0 Å². The molecule has 0 aliphatic heterocycles. The van der Waals surface area contributed by atoms with Gasteiger partial charge in [-0.25, -0.2) is 0 Å². The van der Waals surface area contributed by atoms with E-state index in [1.54, 1.807) is 24.5 Å². The second kappa shape index (κ2) is 6.13. The lowest BCUT2D eigenvalue weighted by Crippen LogP contribution is -1.94. The fourth-order valence-corrected chi connectivity index (χ4v) is 2.81. The standard InChI is InChI=1S/C20H16N4O/c21-14-10-15(12-16(25)11-14)24-19-6-8-23-20-9-13(4-5-17(19)20)18-3-1-2-7-22-18/h1-12,25H,21H2,(H,23,24). The molecule has 0 spiro atoms. The van der Waals surface area contributed by atoms with Crippen molar-refractivity contribution in [2.45, 2.75) is 0 Å². The Morgan fingerprint density at radius 1 is 0.880 bits per heavy atom. The Labute approximate surface area is 144 Å². The Hall–Kier alpha value is -3.60. The number of anilines is 3. The van der Waals surface area contributed by atoms with Crippen molar-refractivity contribution < 1.29 is 5.11 Å². The van der Waals surface area contributed by atoms with Crippen LogP contribution in [0.4, 0.5) is 17.1 Å². The number of rotatable bonds is 3. The third kappa shape index (κ3) is 3.07. The fraction of sp³-hybridized carbons (Fsp3) is 0. The minimum atomic E-state index is 0.123. The van der Waals surface area contributed by atoms with Crippen LogP contribution in [-0.4, -0.2) is 15.1 Å². The van der Waals surface area contributed by atoms with Crippen molar-refractivity contribution in [3.05, 3.63) is 73.1 Å². The molecule has 122 valence electrons. The summed E-state index contributed by atoms with van der Waals surface area (Å²) in [7, 11) is 0. The molecule has 4 N–H and O–H groups in total. The number of phenols is 1. The Kier molecular flexibility index (Phi) is 3.67. The number of fused-ring (bicyclic) bond motifs is 1. The number of aromatic nitrogens is 2. The highest BCUT2D eigenvalue weighted by molar-refractivity contribution is 5.95. The second-order valence-corrected chi connectivity index (χ2v) is 5.74. The predicted molar refractivity (Wildman–Crippen MR) is 101 cm³/mol. The van der Waals surface area contributed by atoms with Gasteiger partial charge in [0, 0.05) is 52.5 Å². The third-order valence-electron chi connectivity index (χ3n) is 3.92. The lowest BCUT2D eigenvalue weighted by Gasteiger charge is -2.11. The van der Waals surface area contributed by atoms with E-state index in [2.05, 4.69) is 15.3 Å². The first-order valence-corrected chi connectivity index (χ1v) is 7.86. The highest BCUT2D eigenvalue weighted by Gasteiger charge is 2.06. The van der Waals surface area contributed by atoms with Crippen molar-refractivity contribution >= 4 is 28.0 Å². The second-order valence-electron chi connectivity index (χ2n) is 5.74. The highest BCUT2D eigenvalue weighted by atomic mass is 16.3. The number of pyridine rings is 2. The molecule has 5 heteroatoms. The highest BCUT2D eigenvalue weighted by Crippen LogP contribution is 2.30. The molecule has 2 aromatic heterocycles. The number of nitrogens with zero attached hydrogens (tertiary/aromatic N) is 2. The van der Waals surface area contributed by atoms with Crippen LogP contribution < -0.4 is 11.1 Å². The van der Waals surface area contributed by atoms with Crippen LogP contribution in [0.25, 0.3) is 22.2 Å². The van der Waals surface area contributed by atoms with Crippen molar-refractivity contribution in [1.29, 1.82) is 0 Å². The average molecular weight is 328 g/mol. The summed E-state index contributed by atoms with van der Waals surface area (Å²) in [5.41, 5.74) is 10.7. The molecule has 2 heterocycles. The molecule has 2 aromatic carbocycles. The van der Waals surface area contributed by atoms with Gasteiger partial charge in [0.25, 0.3) is 0 Å². The van der Waals surface area contributed by atoms with Gasteiger partial charge in [0.05, 0.1) is 11.2 Å². The Morgan fingerprint density at radius 2 is 1.80 bits per heavy atom. The minimum Gasteiger partial charge on any atom is -0.508 e.